The lowest BCUT2D eigenvalue weighted by Gasteiger charge is -2.21. The van der Waals surface area contributed by atoms with Crippen LogP contribution in [-0.4, -0.2) is 27.7 Å². The van der Waals surface area contributed by atoms with Gasteiger partial charge in [0.15, 0.2) is 5.75 Å². The molecular weight excluding hydrogens is 276 g/mol. The smallest absolute Gasteiger partial charge is 0.223 e. The van der Waals surface area contributed by atoms with Crippen LogP contribution in [0.2, 0.25) is 0 Å². The van der Waals surface area contributed by atoms with E-state index in [1.807, 2.05) is 0 Å². The molecule has 0 atom stereocenters. The number of unbranched alkanes of at least 4 members (excludes halogenated alkanes) is 5. The predicted octanol–water partition coefficient (Wildman–Crippen LogP) is 3.76. The van der Waals surface area contributed by atoms with Crippen LogP contribution in [0.5, 0.6) is 5.75 Å². The van der Waals surface area contributed by atoms with Crippen molar-refractivity contribution in [3.05, 3.63) is 28.2 Å². The molecule has 126 valence electrons. The van der Waals surface area contributed by atoms with Crippen molar-refractivity contribution in [3.8, 4) is 5.75 Å². The molecule has 1 aromatic rings. The molecule has 0 aromatic carbocycles. The summed E-state index contributed by atoms with van der Waals surface area (Å²) in [4.78, 5) is 14.0. The average Bonchev–Trinajstić information content (AvgIpc) is 2.52. The van der Waals surface area contributed by atoms with Gasteiger partial charge in [0, 0.05) is 24.8 Å². The van der Waals surface area contributed by atoms with Crippen molar-refractivity contribution in [1.82, 2.24) is 9.47 Å². The van der Waals surface area contributed by atoms with E-state index in [0.29, 0.717) is 0 Å². The second-order valence-corrected chi connectivity index (χ2v) is 5.94. The van der Waals surface area contributed by atoms with Crippen LogP contribution in [0.4, 0.5) is 0 Å². The summed E-state index contributed by atoms with van der Waals surface area (Å²) < 4.78 is 2.05. The molecule has 1 N–H and O–H groups in total. The minimum atomic E-state index is -0.277. The van der Waals surface area contributed by atoms with Crippen LogP contribution in [0.3, 0.4) is 0 Å². The third-order valence-electron chi connectivity index (χ3n) is 4.23. The Morgan fingerprint density at radius 2 is 1.68 bits per heavy atom. The minimum absolute atomic E-state index is 0.144. The maximum absolute atomic E-state index is 11.7. The van der Waals surface area contributed by atoms with E-state index in [1.54, 1.807) is 12.3 Å². The Morgan fingerprint density at radius 1 is 1.05 bits per heavy atom. The van der Waals surface area contributed by atoms with Crippen LogP contribution in [0.15, 0.2) is 17.1 Å². The quantitative estimate of drug-likeness (QED) is 0.633. The molecule has 0 radical (unpaired) electrons. The first-order chi connectivity index (χ1) is 10.6. The summed E-state index contributed by atoms with van der Waals surface area (Å²) in [5.74, 6) is -0.144. The van der Waals surface area contributed by atoms with Gasteiger partial charge in [-0.05, 0) is 19.5 Å². The summed E-state index contributed by atoms with van der Waals surface area (Å²) in [6.45, 7) is 10.0. The van der Waals surface area contributed by atoms with Crippen LogP contribution in [0.25, 0.3) is 0 Å². The number of nitrogens with zero attached hydrogens (tertiary/aromatic N) is 2. The van der Waals surface area contributed by atoms with Gasteiger partial charge in [-0.1, -0.05) is 52.9 Å². The number of hydrogen-bond acceptors (Lipinski definition) is 3. The fourth-order valence-corrected chi connectivity index (χ4v) is 2.69. The molecule has 0 saturated carbocycles. The Balaban J connectivity index is 2.66. The van der Waals surface area contributed by atoms with Gasteiger partial charge in [0.2, 0.25) is 5.43 Å². The zero-order valence-corrected chi connectivity index (χ0v) is 14.5. The topological polar surface area (TPSA) is 45.5 Å². The van der Waals surface area contributed by atoms with E-state index in [2.05, 4.69) is 30.2 Å². The number of hydrogen-bond donors (Lipinski definition) is 1. The lowest BCUT2D eigenvalue weighted by molar-refractivity contribution is 0.285. The average molecular weight is 308 g/mol. The molecule has 0 aliphatic heterocycles. The number of aromatic nitrogens is 1. The van der Waals surface area contributed by atoms with Crippen molar-refractivity contribution in [2.75, 3.05) is 13.1 Å². The first-order valence-electron chi connectivity index (χ1n) is 8.77. The molecule has 0 bridgehead atoms. The zero-order valence-electron chi connectivity index (χ0n) is 14.5. The van der Waals surface area contributed by atoms with Crippen molar-refractivity contribution in [2.24, 2.45) is 0 Å². The molecule has 0 spiro atoms. The third kappa shape index (κ3) is 6.22. The van der Waals surface area contributed by atoms with E-state index in [1.165, 1.54) is 32.1 Å². The third-order valence-corrected chi connectivity index (χ3v) is 4.23. The SMILES string of the molecule is CCCCCCCCn1cc(O)c(=O)cc1CN(CC)CC. The molecule has 4 nitrogen and oxygen atoms in total. The van der Waals surface area contributed by atoms with Crippen LogP contribution in [0, 0.1) is 0 Å². The van der Waals surface area contributed by atoms with E-state index in [4.69, 9.17) is 0 Å². The van der Waals surface area contributed by atoms with Gasteiger partial charge in [-0.2, -0.15) is 0 Å². The monoisotopic (exact) mass is 308 g/mol. The molecular formula is C18H32N2O2. The Labute approximate surface area is 134 Å². The molecule has 0 fully saturated rings. The second-order valence-electron chi connectivity index (χ2n) is 5.94. The van der Waals surface area contributed by atoms with Gasteiger partial charge in [-0.15, -0.1) is 0 Å². The number of pyridine rings is 1. The van der Waals surface area contributed by atoms with Crippen LogP contribution in [-0.2, 0) is 13.1 Å². The Bertz CT molecular complexity index is 478. The highest BCUT2D eigenvalue weighted by Gasteiger charge is 2.09. The van der Waals surface area contributed by atoms with E-state index in [9.17, 15) is 9.90 Å². The van der Waals surface area contributed by atoms with Crippen molar-refractivity contribution in [2.45, 2.75) is 72.4 Å². The summed E-state index contributed by atoms with van der Waals surface area (Å²) in [6.07, 6.45) is 9.05. The molecule has 22 heavy (non-hydrogen) atoms. The van der Waals surface area contributed by atoms with E-state index >= 15 is 0 Å². The van der Waals surface area contributed by atoms with Gasteiger partial charge in [-0.25, -0.2) is 0 Å². The Hall–Kier alpha value is -1.29. The summed E-state index contributed by atoms with van der Waals surface area (Å²) in [5, 5.41) is 9.70. The highest BCUT2D eigenvalue weighted by Crippen LogP contribution is 2.12. The van der Waals surface area contributed by atoms with Gasteiger partial charge in [-0.3, -0.25) is 9.69 Å². The minimum Gasteiger partial charge on any atom is -0.503 e. The van der Waals surface area contributed by atoms with Gasteiger partial charge >= 0.3 is 0 Å². The van der Waals surface area contributed by atoms with E-state index in [-0.39, 0.29) is 11.2 Å². The van der Waals surface area contributed by atoms with Gasteiger partial charge < -0.3 is 9.67 Å². The van der Waals surface area contributed by atoms with Crippen molar-refractivity contribution in [1.29, 1.82) is 0 Å². The summed E-state index contributed by atoms with van der Waals surface area (Å²) in [7, 11) is 0. The summed E-state index contributed by atoms with van der Waals surface area (Å²) >= 11 is 0. The van der Waals surface area contributed by atoms with Crippen molar-refractivity contribution in [3.63, 3.8) is 0 Å². The number of aromatic hydroxyl groups is 1. The van der Waals surface area contributed by atoms with E-state index in [0.717, 1.165) is 38.3 Å². The molecule has 1 rings (SSSR count). The predicted molar refractivity (Wildman–Crippen MR) is 92.4 cm³/mol. The maximum Gasteiger partial charge on any atom is 0.223 e. The maximum atomic E-state index is 11.7. The second kappa shape index (κ2) is 10.4. The van der Waals surface area contributed by atoms with Crippen molar-refractivity contribution < 1.29 is 5.11 Å². The first kappa shape index (κ1) is 18.8. The molecule has 0 unspecified atom stereocenters. The number of aryl methyl sites for hydroxylation is 1. The Morgan fingerprint density at radius 3 is 2.32 bits per heavy atom. The van der Waals surface area contributed by atoms with Crippen LogP contribution < -0.4 is 5.43 Å². The van der Waals surface area contributed by atoms with Gasteiger partial charge in [0.05, 0.1) is 6.20 Å². The molecule has 1 aromatic heterocycles. The highest BCUT2D eigenvalue weighted by molar-refractivity contribution is 5.20. The standard InChI is InChI=1S/C18H32N2O2/c1-4-7-8-9-10-11-12-20-15-18(22)17(21)13-16(20)14-19(5-2)6-3/h13,15,22H,4-12,14H2,1-3H3. The molecule has 0 aliphatic carbocycles. The lowest BCUT2D eigenvalue weighted by atomic mass is 10.1. The fraction of sp³-hybridized carbons (Fsp3) is 0.722. The van der Waals surface area contributed by atoms with Crippen LogP contribution >= 0.6 is 0 Å². The fourth-order valence-electron chi connectivity index (χ4n) is 2.69. The Kier molecular flexibility index (Phi) is 8.90. The summed E-state index contributed by atoms with van der Waals surface area (Å²) in [5.41, 5.74) is 0.724. The highest BCUT2D eigenvalue weighted by atomic mass is 16.3. The first-order valence-corrected chi connectivity index (χ1v) is 8.77. The molecule has 1 heterocycles. The lowest BCUT2D eigenvalue weighted by Crippen LogP contribution is -2.25. The zero-order chi connectivity index (χ0) is 16.4. The largest absolute Gasteiger partial charge is 0.503 e. The summed E-state index contributed by atoms with van der Waals surface area (Å²) in [6, 6.07) is 1.59. The molecule has 0 amide bonds. The van der Waals surface area contributed by atoms with E-state index < -0.39 is 0 Å². The molecule has 4 heteroatoms. The molecule has 0 saturated heterocycles. The molecule has 0 aliphatic rings. The van der Waals surface area contributed by atoms with Gasteiger partial charge in [0.1, 0.15) is 0 Å². The van der Waals surface area contributed by atoms with Crippen molar-refractivity contribution >= 4 is 0 Å². The normalized spacial score (nSPS) is 11.3. The van der Waals surface area contributed by atoms with Gasteiger partial charge in [0.25, 0.3) is 0 Å². The number of rotatable bonds is 11. The van der Waals surface area contributed by atoms with Crippen LogP contribution in [0.1, 0.15) is 65.0 Å².